The van der Waals surface area contributed by atoms with Crippen molar-refractivity contribution in [1.82, 2.24) is 0 Å². The fourth-order valence-corrected chi connectivity index (χ4v) is 7.10. The van der Waals surface area contributed by atoms with Gasteiger partial charge in [-0.25, -0.2) is 4.79 Å². The maximum Gasteiger partial charge on any atom is 0.361 e. The quantitative estimate of drug-likeness (QED) is 0.0212. The number of allylic oxidation sites excluding steroid dienone is 6. The van der Waals surface area contributed by atoms with Gasteiger partial charge in [-0.2, -0.15) is 0 Å². The summed E-state index contributed by atoms with van der Waals surface area (Å²) < 4.78 is 22.8. The number of ether oxygens (including phenoxy) is 4. The fourth-order valence-electron chi connectivity index (χ4n) is 7.10. The second kappa shape index (κ2) is 45.1. The Labute approximate surface area is 381 Å². The molecule has 0 heterocycles. The molecule has 0 aromatic heterocycles. The maximum atomic E-state index is 12.8. The molecule has 0 aliphatic rings. The first-order valence-corrected chi connectivity index (χ1v) is 25.7. The van der Waals surface area contributed by atoms with E-state index in [1.165, 1.54) is 128 Å². The minimum Gasteiger partial charge on any atom is -0.477 e. The van der Waals surface area contributed by atoms with Gasteiger partial charge in [0.05, 0.1) is 34.4 Å². The lowest BCUT2D eigenvalue weighted by Gasteiger charge is -2.25. The lowest BCUT2D eigenvalue weighted by Crippen LogP contribution is -2.40. The molecule has 0 radical (unpaired) electrons. The smallest absolute Gasteiger partial charge is 0.361 e. The lowest BCUT2D eigenvalue weighted by molar-refractivity contribution is -0.870. The summed E-state index contributed by atoms with van der Waals surface area (Å²) in [7, 11) is 5.96. The highest BCUT2D eigenvalue weighted by Gasteiger charge is 2.25. The van der Waals surface area contributed by atoms with Crippen LogP contribution in [0, 0.1) is 0 Å². The molecule has 0 aromatic carbocycles. The van der Waals surface area contributed by atoms with E-state index in [2.05, 4.69) is 50.3 Å². The van der Waals surface area contributed by atoms with Gasteiger partial charge < -0.3 is 28.5 Å². The van der Waals surface area contributed by atoms with E-state index in [0.717, 1.165) is 64.2 Å². The summed E-state index contributed by atoms with van der Waals surface area (Å²) in [5.41, 5.74) is 0. The minimum absolute atomic E-state index is 0.186. The molecule has 0 aliphatic carbocycles. The molecule has 9 heteroatoms. The second-order valence-electron chi connectivity index (χ2n) is 18.5. The van der Waals surface area contributed by atoms with Gasteiger partial charge in [-0.1, -0.05) is 179 Å². The summed E-state index contributed by atoms with van der Waals surface area (Å²) in [6, 6.07) is 0. The van der Waals surface area contributed by atoms with Crippen LogP contribution in [0.4, 0.5) is 0 Å². The maximum absolute atomic E-state index is 12.8. The number of quaternary nitrogens is 1. The lowest BCUT2D eigenvalue weighted by atomic mass is 10.1. The zero-order chi connectivity index (χ0) is 45.6. The van der Waals surface area contributed by atoms with Gasteiger partial charge in [0.15, 0.2) is 6.10 Å². The molecule has 2 unspecified atom stereocenters. The van der Waals surface area contributed by atoms with Crippen LogP contribution in [0.2, 0.25) is 0 Å². The number of hydrogen-bond donors (Lipinski definition) is 1. The van der Waals surface area contributed by atoms with E-state index in [-0.39, 0.29) is 32.2 Å². The van der Waals surface area contributed by atoms with Crippen LogP contribution in [0.25, 0.3) is 0 Å². The van der Waals surface area contributed by atoms with E-state index in [1.54, 1.807) is 0 Å². The van der Waals surface area contributed by atoms with E-state index >= 15 is 0 Å². The van der Waals surface area contributed by atoms with Crippen molar-refractivity contribution in [2.75, 3.05) is 47.5 Å². The van der Waals surface area contributed by atoms with Crippen molar-refractivity contribution < 1.29 is 42.9 Å². The highest BCUT2D eigenvalue weighted by Crippen LogP contribution is 2.15. The summed E-state index contributed by atoms with van der Waals surface area (Å²) >= 11 is 0. The van der Waals surface area contributed by atoms with Gasteiger partial charge in [0, 0.05) is 12.8 Å². The molecule has 0 aliphatic heterocycles. The van der Waals surface area contributed by atoms with Gasteiger partial charge in [-0.05, 0) is 70.6 Å². The molecule has 0 saturated carbocycles. The van der Waals surface area contributed by atoms with Gasteiger partial charge in [-0.15, -0.1) is 0 Å². The molecule has 0 amide bonds. The van der Waals surface area contributed by atoms with Crippen LogP contribution in [0.3, 0.4) is 0 Å². The van der Waals surface area contributed by atoms with Crippen molar-refractivity contribution in [1.29, 1.82) is 0 Å². The Balaban J connectivity index is 4.35. The van der Waals surface area contributed by atoms with E-state index in [0.29, 0.717) is 23.9 Å². The van der Waals surface area contributed by atoms with Crippen molar-refractivity contribution in [3.63, 3.8) is 0 Å². The molecule has 1 N–H and O–H groups in total. The minimum atomic E-state index is -1.51. The number of carbonyl (C=O) groups excluding carboxylic acids is 2. The Morgan fingerprint density at radius 3 is 1.29 bits per heavy atom. The zero-order valence-corrected chi connectivity index (χ0v) is 41.0. The molecule has 2 atom stereocenters. The molecule has 9 nitrogen and oxygen atoms in total. The summed E-state index contributed by atoms with van der Waals surface area (Å²) in [6.07, 6.45) is 49.1. The van der Waals surface area contributed by atoms with Crippen LogP contribution in [0.1, 0.15) is 226 Å². The summed E-state index contributed by atoms with van der Waals surface area (Å²) in [6.45, 7) is 4.86. The normalized spacial score (nSPS) is 13.1. The third-order valence-corrected chi connectivity index (χ3v) is 11.1. The number of nitrogens with zero attached hydrogens (tertiary/aromatic N) is 1. The summed E-state index contributed by atoms with van der Waals surface area (Å²) in [4.78, 5) is 37.3. The number of carbonyl (C=O) groups is 3. The van der Waals surface area contributed by atoms with Crippen LogP contribution in [-0.4, -0.2) is 87.4 Å². The van der Waals surface area contributed by atoms with Crippen LogP contribution in [0.5, 0.6) is 0 Å². The summed E-state index contributed by atoms with van der Waals surface area (Å²) in [5.74, 6) is -2.02. The van der Waals surface area contributed by atoms with Crippen LogP contribution in [-0.2, 0) is 33.3 Å². The first-order chi connectivity index (χ1) is 30.1. The van der Waals surface area contributed by atoms with Gasteiger partial charge in [0.25, 0.3) is 6.29 Å². The van der Waals surface area contributed by atoms with Gasteiger partial charge >= 0.3 is 17.9 Å². The molecular weight excluding hydrogens is 779 g/mol. The molecule has 0 saturated heterocycles. The van der Waals surface area contributed by atoms with Gasteiger partial charge in [0.1, 0.15) is 13.2 Å². The van der Waals surface area contributed by atoms with Gasteiger partial charge in [-0.3, -0.25) is 9.59 Å². The number of likely N-dealkylation sites (N-methyl/N-ethyl adjacent to an activating group) is 1. The Morgan fingerprint density at radius 2 is 0.871 bits per heavy atom. The topological polar surface area (TPSA) is 108 Å². The van der Waals surface area contributed by atoms with Crippen molar-refractivity contribution in [2.24, 2.45) is 0 Å². The predicted molar refractivity (Wildman–Crippen MR) is 258 cm³/mol. The highest BCUT2D eigenvalue weighted by molar-refractivity contribution is 5.71. The van der Waals surface area contributed by atoms with Gasteiger partial charge in [0.2, 0.25) is 0 Å². The molecule has 0 rings (SSSR count). The number of carboxylic acid groups (broad SMARTS) is 1. The molecule has 0 fully saturated rings. The first kappa shape index (κ1) is 59.5. The summed E-state index contributed by atoms with van der Waals surface area (Å²) in [5, 5.41) is 9.66. The number of unbranched alkanes of at least 4 members (excludes halogenated alkanes) is 26. The third-order valence-electron chi connectivity index (χ3n) is 11.1. The Hall–Kier alpha value is -2.49. The molecule has 0 aromatic rings. The SMILES string of the molecule is CCCCCCC/C=C\C/C=C\CCCCCCCCCCCC(=O)OC(COC(=O)CCCCCCC/C=C\CCCCCCCCC)COC(OCC[N+](C)(C)C)C(=O)O. The van der Waals surface area contributed by atoms with Crippen molar-refractivity contribution in [3.05, 3.63) is 36.5 Å². The average Bonchev–Trinajstić information content (AvgIpc) is 3.23. The van der Waals surface area contributed by atoms with Crippen molar-refractivity contribution >= 4 is 17.9 Å². The second-order valence-corrected chi connectivity index (χ2v) is 18.5. The van der Waals surface area contributed by atoms with E-state index < -0.39 is 24.3 Å². The van der Waals surface area contributed by atoms with Crippen molar-refractivity contribution in [3.8, 4) is 0 Å². The van der Waals surface area contributed by atoms with E-state index in [4.69, 9.17) is 18.9 Å². The van der Waals surface area contributed by atoms with Crippen LogP contribution < -0.4 is 0 Å². The number of hydrogen-bond acceptors (Lipinski definition) is 7. The van der Waals surface area contributed by atoms with Crippen molar-refractivity contribution in [2.45, 2.75) is 238 Å². The Kier molecular flexibility index (Phi) is 43.3. The van der Waals surface area contributed by atoms with Crippen LogP contribution >= 0.6 is 0 Å². The predicted octanol–water partition coefficient (Wildman–Crippen LogP) is 14.2. The molecular formula is C53H98NO8+. The number of aliphatic carboxylic acids is 1. The standard InChI is InChI=1S/C53H97NO8/c1-6-8-10-12-14-16-18-20-22-24-25-26-27-28-30-32-34-36-38-40-42-44-51(56)62-49(48-61-53(52(57)58)59-46-45-54(3,4)5)47-60-50(55)43-41-39-37-35-33-31-29-23-21-19-17-15-13-11-9-7-2/h18,20,23-25,29,49,53H,6-17,19,21-22,26-28,30-48H2,1-5H3/p+1/b20-18-,25-24-,29-23-. The third kappa shape index (κ3) is 45.5. The van der Waals surface area contributed by atoms with E-state index in [1.807, 2.05) is 21.1 Å². The highest BCUT2D eigenvalue weighted by atomic mass is 16.7. The Morgan fingerprint density at radius 1 is 0.484 bits per heavy atom. The van der Waals surface area contributed by atoms with Crippen LogP contribution in [0.15, 0.2) is 36.5 Å². The Bertz CT molecular complexity index is 1110. The molecule has 0 bridgehead atoms. The number of rotatable bonds is 47. The molecule has 62 heavy (non-hydrogen) atoms. The zero-order valence-electron chi connectivity index (χ0n) is 41.0. The largest absolute Gasteiger partial charge is 0.477 e. The number of carboxylic acids is 1. The average molecular weight is 877 g/mol. The monoisotopic (exact) mass is 877 g/mol. The molecule has 362 valence electrons. The number of esters is 2. The first-order valence-electron chi connectivity index (χ1n) is 25.7. The fraction of sp³-hybridized carbons (Fsp3) is 0.830. The van der Waals surface area contributed by atoms with E-state index in [9.17, 15) is 19.5 Å². The molecule has 0 spiro atoms.